The quantitative estimate of drug-likeness (QED) is 0.461. The summed E-state index contributed by atoms with van der Waals surface area (Å²) in [7, 11) is 0. The van der Waals surface area contributed by atoms with Gasteiger partial charge < -0.3 is 10.8 Å². The maximum absolute atomic E-state index is 9.57. The molecule has 0 aromatic rings. The molecule has 2 atom stereocenters. The van der Waals surface area contributed by atoms with Gasteiger partial charge >= 0.3 is 5.97 Å². The van der Waals surface area contributed by atoms with Crippen LogP contribution < -0.4 is 5.73 Å². The second-order valence-corrected chi connectivity index (χ2v) is 1.13. The molecule has 0 bridgehead atoms. The van der Waals surface area contributed by atoms with Crippen LogP contribution in [0.25, 0.3) is 0 Å². The standard InChI is InChI=1S/C3H7NO2.H3P/c1-2(4)3(5)6;/h2H,4H2,1H3,(H,5,6);1H3/t2-;/m0./s1. The number of carboxylic acid groups (broad SMARTS) is 1. The van der Waals surface area contributed by atoms with Crippen molar-refractivity contribution in [2.45, 2.75) is 13.0 Å². The molecule has 0 aromatic heterocycles. The molecular formula is C3H10NO2P. The summed E-state index contributed by atoms with van der Waals surface area (Å²) in [5, 5.41) is 7.87. The minimum atomic E-state index is -0.963. The lowest BCUT2D eigenvalue weighted by atomic mass is 10.4. The van der Waals surface area contributed by atoms with Gasteiger partial charge in [0.2, 0.25) is 0 Å². The van der Waals surface area contributed by atoms with Gasteiger partial charge in [0.15, 0.2) is 0 Å². The number of rotatable bonds is 1. The van der Waals surface area contributed by atoms with Crippen LogP contribution in [0.5, 0.6) is 0 Å². The van der Waals surface area contributed by atoms with Crippen molar-refractivity contribution in [1.29, 1.82) is 0 Å². The maximum atomic E-state index is 9.57. The lowest BCUT2D eigenvalue weighted by Gasteiger charge is -1.90. The summed E-state index contributed by atoms with van der Waals surface area (Å²) in [6.45, 7) is 1.42. The molecule has 44 valence electrons. The van der Waals surface area contributed by atoms with Gasteiger partial charge in [-0.25, -0.2) is 0 Å². The van der Waals surface area contributed by atoms with E-state index in [-0.39, 0.29) is 9.90 Å². The number of aliphatic carboxylic acids is 1. The van der Waals surface area contributed by atoms with E-state index in [9.17, 15) is 4.79 Å². The van der Waals surface area contributed by atoms with Crippen LogP contribution in [0.1, 0.15) is 6.92 Å². The van der Waals surface area contributed by atoms with Crippen LogP contribution in [0.4, 0.5) is 0 Å². The third kappa shape index (κ3) is 5.86. The van der Waals surface area contributed by atoms with Crippen molar-refractivity contribution in [2.24, 2.45) is 5.73 Å². The van der Waals surface area contributed by atoms with Gasteiger partial charge in [-0.1, -0.05) is 0 Å². The zero-order valence-electron chi connectivity index (χ0n) is 4.22. The van der Waals surface area contributed by atoms with Gasteiger partial charge in [0.1, 0.15) is 6.04 Å². The molecule has 0 fully saturated rings. The monoisotopic (exact) mass is 123 g/mol. The fourth-order valence-electron chi connectivity index (χ4n) is 0. The Labute approximate surface area is 45.5 Å². The normalized spacial score (nSPS) is 11.7. The van der Waals surface area contributed by atoms with Crippen LogP contribution in [-0.4, -0.2) is 17.1 Å². The summed E-state index contributed by atoms with van der Waals surface area (Å²) in [5.41, 5.74) is 4.84. The molecule has 0 aromatic carbocycles. The van der Waals surface area contributed by atoms with Gasteiger partial charge in [0, 0.05) is 0 Å². The molecule has 0 aliphatic heterocycles. The lowest BCUT2D eigenvalue weighted by molar-refractivity contribution is -0.138. The van der Waals surface area contributed by atoms with Crippen LogP contribution in [0.2, 0.25) is 0 Å². The number of carboxylic acids is 1. The predicted molar refractivity (Wildman–Crippen MR) is 32.4 cm³/mol. The predicted octanol–water partition coefficient (Wildman–Crippen LogP) is -0.524. The van der Waals surface area contributed by atoms with E-state index < -0.39 is 12.0 Å². The van der Waals surface area contributed by atoms with Crippen molar-refractivity contribution in [3.63, 3.8) is 0 Å². The number of hydrogen-bond donors (Lipinski definition) is 2. The third-order valence-corrected chi connectivity index (χ3v) is 0.390. The Hall–Kier alpha value is -0.140. The van der Waals surface area contributed by atoms with E-state index in [1.54, 1.807) is 0 Å². The molecule has 3 nitrogen and oxygen atoms in total. The molecule has 0 aliphatic rings. The van der Waals surface area contributed by atoms with Gasteiger partial charge in [-0.2, -0.15) is 9.90 Å². The average molecular weight is 123 g/mol. The van der Waals surface area contributed by atoms with E-state index >= 15 is 0 Å². The highest BCUT2D eigenvalue weighted by Gasteiger charge is 1.99. The molecule has 0 saturated carbocycles. The second-order valence-electron chi connectivity index (χ2n) is 1.13. The van der Waals surface area contributed by atoms with Crippen molar-refractivity contribution in [3.05, 3.63) is 0 Å². The highest BCUT2D eigenvalue weighted by molar-refractivity contribution is 6.92. The van der Waals surface area contributed by atoms with Crippen molar-refractivity contribution >= 4 is 15.9 Å². The van der Waals surface area contributed by atoms with Gasteiger partial charge in [0.25, 0.3) is 0 Å². The number of carbonyl (C=O) groups is 1. The molecule has 0 spiro atoms. The van der Waals surface area contributed by atoms with Crippen LogP contribution in [0, 0.1) is 0 Å². The van der Waals surface area contributed by atoms with E-state index in [4.69, 9.17) is 10.8 Å². The van der Waals surface area contributed by atoms with Crippen molar-refractivity contribution in [1.82, 2.24) is 0 Å². The SMILES string of the molecule is C[C@H](N)C(=O)O.P. The summed E-state index contributed by atoms with van der Waals surface area (Å²) < 4.78 is 0. The first-order chi connectivity index (χ1) is 2.64. The Morgan fingerprint density at radius 3 is 2.00 bits per heavy atom. The fraction of sp³-hybridized carbons (Fsp3) is 0.667. The molecule has 0 saturated heterocycles. The molecule has 4 heteroatoms. The van der Waals surface area contributed by atoms with Crippen molar-refractivity contribution in [2.75, 3.05) is 0 Å². The van der Waals surface area contributed by atoms with Gasteiger partial charge in [-0.15, -0.1) is 0 Å². The third-order valence-electron chi connectivity index (χ3n) is 0.390. The van der Waals surface area contributed by atoms with Crippen LogP contribution in [0.3, 0.4) is 0 Å². The number of nitrogens with two attached hydrogens (primary N) is 1. The zero-order valence-corrected chi connectivity index (χ0v) is 5.63. The molecule has 0 rings (SSSR count). The van der Waals surface area contributed by atoms with Gasteiger partial charge in [-0.05, 0) is 6.92 Å². The Bertz CT molecular complexity index is 64.0. The first-order valence-corrected chi connectivity index (χ1v) is 1.63. The summed E-state index contributed by atoms with van der Waals surface area (Å²) in [5.74, 6) is -0.963. The summed E-state index contributed by atoms with van der Waals surface area (Å²) in [4.78, 5) is 9.57. The Kier molecular flexibility index (Phi) is 5.74. The van der Waals surface area contributed by atoms with Gasteiger partial charge in [-0.3, -0.25) is 4.79 Å². The topological polar surface area (TPSA) is 63.3 Å². The highest BCUT2D eigenvalue weighted by Crippen LogP contribution is 1.68. The van der Waals surface area contributed by atoms with Crippen LogP contribution in [0.15, 0.2) is 0 Å². The zero-order chi connectivity index (χ0) is 5.15. The fourth-order valence-corrected chi connectivity index (χ4v) is 0. The molecule has 1 unspecified atom stereocenters. The molecule has 0 amide bonds. The van der Waals surface area contributed by atoms with E-state index in [1.165, 1.54) is 6.92 Å². The Morgan fingerprint density at radius 2 is 2.00 bits per heavy atom. The molecule has 0 heterocycles. The average Bonchev–Trinajstić information content (AvgIpc) is 1.36. The van der Waals surface area contributed by atoms with Crippen LogP contribution >= 0.6 is 9.90 Å². The lowest BCUT2D eigenvalue weighted by Crippen LogP contribution is -2.25. The summed E-state index contributed by atoms with van der Waals surface area (Å²) in [6, 6.07) is -0.731. The minimum absolute atomic E-state index is 0. The van der Waals surface area contributed by atoms with Gasteiger partial charge in [0.05, 0.1) is 0 Å². The number of hydrogen-bond acceptors (Lipinski definition) is 2. The molecule has 3 N–H and O–H groups in total. The Morgan fingerprint density at radius 1 is 1.86 bits per heavy atom. The van der Waals surface area contributed by atoms with Crippen molar-refractivity contribution < 1.29 is 9.90 Å². The second kappa shape index (κ2) is 4.03. The summed E-state index contributed by atoms with van der Waals surface area (Å²) >= 11 is 0. The Balaban J connectivity index is 0. The van der Waals surface area contributed by atoms with E-state index in [0.29, 0.717) is 0 Å². The first kappa shape index (κ1) is 9.97. The van der Waals surface area contributed by atoms with Crippen LogP contribution in [-0.2, 0) is 4.79 Å². The highest BCUT2D eigenvalue weighted by atomic mass is 31.0. The minimum Gasteiger partial charge on any atom is -0.480 e. The molecule has 0 aliphatic carbocycles. The van der Waals surface area contributed by atoms with Crippen molar-refractivity contribution in [3.8, 4) is 0 Å². The maximum Gasteiger partial charge on any atom is 0.320 e. The summed E-state index contributed by atoms with van der Waals surface area (Å²) in [6.07, 6.45) is 0. The van der Waals surface area contributed by atoms with E-state index in [0.717, 1.165) is 0 Å². The smallest absolute Gasteiger partial charge is 0.320 e. The molecule has 7 heavy (non-hydrogen) atoms. The van der Waals surface area contributed by atoms with E-state index in [1.807, 2.05) is 0 Å². The first-order valence-electron chi connectivity index (χ1n) is 1.63. The molecule has 0 radical (unpaired) electrons. The van der Waals surface area contributed by atoms with E-state index in [2.05, 4.69) is 0 Å². The molecular weight excluding hydrogens is 113 g/mol. The largest absolute Gasteiger partial charge is 0.480 e.